The summed E-state index contributed by atoms with van der Waals surface area (Å²) >= 11 is 0. The van der Waals surface area contributed by atoms with E-state index in [1.165, 1.54) is 12.8 Å². The van der Waals surface area contributed by atoms with E-state index < -0.39 is 0 Å². The molecule has 2 aliphatic carbocycles. The van der Waals surface area contributed by atoms with Crippen molar-refractivity contribution in [1.29, 1.82) is 0 Å². The fourth-order valence-electron chi connectivity index (χ4n) is 4.93. The van der Waals surface area contributed by atoms with Gasteiger partial charge in [-0.25, -0.2) is 0 Å². The van der Waals surface area contributed by atoms with Gasteiger partial charge in [0.1, 0.15) is 7.85 Å². The number of hydrogen-bond acceptors (Lipinski definition) is 3. The zero-order chi connectivity index (χ0) is 18.6. The summed E-state index contributed by atoms with van der Waals surface area (Å²) in [6.45, 7) is 2.90. The number of rotatable bonds is 4. The standard InChI is InChI=1S/C21H26BN3O2/c22-14-3-6-17-18(10-14)21(7-8-21)13-25(20(17)27)12-19(26)23-15-2-1-9-24(11-15)16-4-5-16/h3,6,10,15-16H,1-2,4-5,7-9,11-13H2,(H,23,26)/t15-/m1/s1. The maximum absolute atomic E-state index is 12.9. The lowest BCUT2D eigenvalue weighted by Gasteiger charge is -2.36. The van der Waals surface area contributed by atoms with Crippen LogP contribution in [0, 0.1) is 0 Å². The third kappa shape index (κ3) is 3.29. The highest BCUT2D eigenvalue weighted by atomic mass is 16.2. The van der Waals surface area contributed by atoms with Gasteiger partial charge in [0, 0.05) is 36.2 Å². The Hall–Kier alpha value is -1.82. The van der Waals surface area contributed by atoms with Crippen LogP contribution >= 0.6 is 0 Å². The fraction of sp³-hybridized carbons (Fsp3) is 0.619. The Kier molecular flexibility index (Phi) is 4.08. The molecular weight excluding hydrogens is 337 g/mol. The molecule has 1 N–H and O–H groups in total. The number of fused-ring (bicyclic) bond motifs is 2. The van der Waals surface area contributed by atoms with Crippen molar-refractivity contribution < 1.29 is 9.59 Å². The highest BCUT2D eigenvalue weighted by Crippen LogP contribution is 2.52. The van der Waals surface area contributed by atoms with Crippen molar-refractivity contribution in [2.75, 3.05) is 26.2 Å². The molecular formula is C21H26BN3O2. The second kappa shape index (κ2) is 6.37. The summed E-state index contributed by atoms with van der Waals surface area (Å²) in [7, 11) is 5.94. The van der Waals surface area contributed by atoms with Crippen molar-refractivity contribution in [3.63, 3.8) is 0 Å². The minimum absolute atomic E-state index is 0.0204. The Morgan fingerprint density at radius 1 is 1.26 bits per heavy atom. The van der Waals surface area contributed by atoms with Crippen molar-refractivity contribution in [3.05, 3.63) is 29.3 Å². The topological polar surface area (TPSA) is 52.7 Å². The van der Waals surface area contributed by atoms with Crippen molar-refractivity contribution in [2.24, 2.45) is 0 Å². The zero-order valence-electron chi connectivity index (χ0n) is 15.7. The summed E-state index contributed by atoms with van der Waals surface area (Å²) in [6, 6.07) is 6.52. The van der Waals surface area contributed by atoms with E-state index in [0.717, 1.165) is 55.9 Å². The number of amides is 2. The summed E-state index contributed by atoms with van der Waals surface area (Å²) in [6.07, 6.45) is 6.91. The van der Waals surface area contributed by atoms with Gasteiger partial charge in [-0.15, -0.1) is 0 Å². The maximum atomic E-state index is 12.9. The lowest BCUT2D eigenvalue weighted by molar-refractivity contribution is -0.123. The number of benzene rings is 1. The minimum Gasteiger partial charge on any atom is -0.351 e. The van der Waals surface area contributed by atoms with Crippen LogP contribution in [0.3, 0.4) is 0 Å². The first-order valence-electron chi connectivity index (χ1n) is 10.3. The fourth-order valence-corrected chi connectivity index (χ4v) is 4.93. The predicted molar refractivity (Wildman–Crippen MR) is 104 cm³/mol. The van der Waals surface area contributed by atoms with Crippen LogP contribution in [-0.2, 0) is 10.2 Å². The molecule has 6 heteroatoms. The summed E-state index contributed by atoms with van der Waals surface area (Å²) in [4.78, 5) is 29.8. The molecule has 1 saturated heterocycles. The Morgan fingerprint density at radius 3 is 2.81 bits per heavy atom. The van der Waals surface area contributed by atoms with Gasteiger partial charge in [0.05, 0.1) is 6.54 Å². The molecule has 0 aromatic heterocycles. The number of nitrogens with zero attached hydrogens (tertiary/aromatic N) is 2. The molecule has 1 spiro atoms. The molecule has 4 aliphatic rings. The summed E-state index contributed by atoms with van der Waals surface area (Å²) in [5.74, 6) is -0.0679. The molecule has 3 fully saturated rings. The summed E-state index contributed by atoms with van der Waals surface area (Å²) in [5, 5.41) is 3.19. The molecule has 0 bridgehead atoms. The molecule has 2 saturated carbocycles. The van der Waals surface area contributed by atoms with Crippen molar-refractivity contribution in [2.45, 2.75) is 56.0 Å². The van der Waals surface area contributed by atoms with Gasteiger partial charge in [0.2, 0.25) is 5.91 Å². The second-order valence-corrected chi connectivity index (χ2v) is 8.88. The molecule has 5 nitrogen and oxygen atoms in total. The van der Waals surface area contributed by atoms with Gasteiger partial charge in [-0.05, 0) is 56.7 Å². The average Bonchev–Trinajstić information content (AvgIpc) is 3.55. The van der Waals surface area contributed by atoms with Gasteiger partial charge in [0.15, 0.2) is 0 Å². The van der Waals surface area contributed by atoms with Crippen LogP contribution in [0.15, 0.2) is 18.2 Å². The zero-order valence-corrected chi connectivity index (χ0v) is 15.7. The van der Waals surface area contributed by atoms with Crippen molar-refractivity contribution in [3.8, 4) is 0 Å². The molecule has 1 atom stereocenters. The number of nitrogens with one attached hydrogen (secondary N) is 1. The van der Waals surface area contributed by atoms with Gasteiger partial charge >= 0.3 is 0 Å². The molecule has 27 heavy (non-hydrogen) atoms. The lowest BCUT2D eigenvalue weighted by atomic mass is 9.82. The quantitative estimate of drug-likeness (QED) is 0.802. The van der Waals surface area contributed by atoms with E-state index in [2.05, 4.69) is 10.2 Å². The Balaban J connectivity index is 1.25. The number of carbonyl (C=O) groups is 2. The molecule has 2 radical (unpaired) electrons. The Bertz CT molecular complexity index is 788. The monoisotopic (exact) mass is 363 g/mol. The molecule has 0 unspecified atom stereocenters. The van der Waals surface area contributed by atoms with Crippen LogP contribution < -0.4 is 10.8 Å². The van der Waals surface area contributed by atoms with Crippen LogP contribution in [0.1, 0.15) is 54.4 Å². The summed E-state index contributed by atoms with van der Waals surface area (Å²) in [5.41, 5.74) is 2.53. The third-order valence-corrected chi connectivity index (χ3v) is 6.70. The average molecular weight is 363 g/mol. The van der Waals surface area contributed by atoms with E-state index in [0.29, 0.717) is 12.0 Å². The number of piperidine rings is 1. The van der Waals surface area contributed by atoms with Crippen molar-refractivity contribution >= 4 is 25.1 Å². The smallest absolute Gasteiger partial charge is 0.254 e. The van der Waals surface area contributed by atoms with E-state index in [4.69, 9.17) is 7.85 Å². The van der Waals surface area contributed by atoms with Crippen LogP contribution in [0.5, 0.6) is 0 Å². The van der Waals surface area contributed by atoms with Gasteiger partial charge in [-0.2, -0.15) is 0 Å². The number of likely N-dealkylation sites (tertiary alicyclic amines) is 1. The van der Waals surface area contributed by atoms with Gasteiger partial charge in [-0.3, -0.25) is 14.5 Å². The molecule has 1 aromatic carbocycles. The predicted octanol–water partition coefficient (Wildman–Crippen LogP) is 0.711. The van der Waals surface area contributed by atoms with Gasteiger partial charge in [0.25, 0.3) is 5.91 Å². The molecule has 140 valence electrons. The van der Waals surface area contributed by atoms with Crippen LogP contribution in [0.4, 0.5) is 0 Å². The second-order valence-electron chi connectivity index (χ2n) is 8.88. The van der Waals surface area contributed by atoms with Crippen molar-refractivity contribution in [1.82, 2.24) is 15.1 Å². The first kappa shape index (κ1) is 17.3. The molecule has 1 aromatic rings. The van der Waals surface area contributed by atoms with Crippen LogP contribution in [-0.4, -0.2) is 67.7 Å². The van der Waals surface area contributed by atoms with E-state index in [1.807, 2.05) is 12.1 Å². The normalized spacial score (nSPS) is 26.7. The Labute approximate surface area is 161 Å². The molecule has 2 heterocycles. The minimum atomic E-state index is -0.0408. The van der Waals surface area contributed by atoms with Crippen LogP contribution in [0.25, 0.3) is 0 Å². The SMILES string of the molecule is [B]c1ccc2c(c1)C1(CC1)CN(CC(=O)N[C@@H]1CCCN(C3CC3)C1)C2=O. The van der Waals surface area contributed by atoms with E-state index in [9.17, 15) is 9.59 Å². The van der Waals surface area contributed by atoms with Crippen LogP contribution in [0.2, 0.25) is 0 Å². The highest BCUT2D eigenvalue weighted by Gasteiger charge is 2.51. The van der Waals surface area contributed by atoms with E-state index in [-0.39, 0.29) is 29.8 Å². The molecule has 2 aliphatic heterocycles. The largest absolute Gasteiger partial charge is 0.351 e. The highest BCUT2D eigenvalue weighted by molar-refractivity contribution is 6.32. The first-order valence-corrected chi connectivity index (χ1v) is 10.3. The lowest BCUT2D eigenvalue weighted by Crippen LogP contribution is -2.53. The number of carbonyl (C=O) groups excluding carboxylic acids is 2. The van der Waals surface area contributed by atoms with Gasteiger partial charge in [-0.1, -0.05) is 17.6 Å². The molecule has 5 rings (SSSR count). The number of hydrogen-bond donors (Lipinski definition) is 1. The van der Waals surface area contributed by atoms with E-state index in [1.54, 1.807) is 11.0 Å². The van der Waals surface area contributed by atoms with E-state index >= 15 is 0 Å². The third-order valence-electron chi connectivity index (χ3n) is 6.70. The molecule has 2 amide bonds. The Morgan fingerprint density at radius 2 is 2.07 bits per heavy atom. The summed E-state index contributed by atoms with van der Waals surface area (Å²) < 4.78 is 0. The van der Waals surface area contributed by atoms with Gasteiger partial charge < -0.3 is 10.2 Å². The maximum Gasteiger partial charge on any atom is 0.254 e. The first-order chi connectivity index (χ1) is 13.0.